The van der Waals surface area contributed by atoms with E-state index in [1.54, 1.807) is 12.1 Å². The fourth-order valence-electron chi connectivity index (χ4n) is 4.97. The highest BCUT2D eigenvalue weighted by atomic mass is 19.1. The summed E-state index contributed by atoms with van der Waals surface area (Å²) in [6.45, 7) is 6.44. The molecule has 0 radical (unpaired) electrons. The predicted octanol–water partition coefficient (Wildman–Crippen LogP) is 3.87. The van der Waals surface area contributed by atoms with Crippen LogP contribution in [-0.2, 0) is 4.79 Å². The number of likely N-dealkylation sites (tertiary alicyclic amines) is 1. The van der Waals surface area contributed by atoms with Crippen LogP contribution in [0.4, 0.5) is 10.1 Å². The van der Waals surface area contributed by atoms with E-state index in [0.717, 1.165) is 31.6 Å². The first-order chi connectivity index (χ1) is 13.6. The van der Waals surface area contributed by atoms with E-state index in [2.05, 4.69) is 15.1 Å². The van der Waals surface area contributed by atoms with Gasteiger partial charge in [-0.3, -0.25) is 9.69 Å². The van der Waals surface area contributed by atoms with Crippen LogP contribution in [0.15, 0.2) is 18.2 Å². The largest absolute Gasteiger partial charge is 0.371 e. The van der Waals surface area contributed by atoms with Crippen LogP contribution in [0.3, 0.4) is 0 Å². The Kier molecular flexibility index (Phi) is 6.19. The average Bonchev–Trinajstić information content (AvgIpc) is 3.51. The monoisotopic (exact) mass is 387 g/mol. The fraction of sp³-hybridized carbons (Fsp3) is 0.696. The van der Waals surface area contributed by atoms with E-state index in [0.29, 0.717) is 24.4 Å². The van der Waals surface area contributed by atoms with Crippen molar-refractivity contribution in [2.75, 3.05) is 31.1 Å². The van der Waals surface area contributed by atoms with Crippen LogP contribution in [0.25, 0.3) is 0 Å². The molecule has 0 bridgehead atoms. The standard InChI is InChI=1S/C23H34FN3O/c1-17-15-19(24)5-8-22(17)26-13-10-21(11-14-26)27-12-2-3-18(16-27)4-9-23(28)25-20-6-7-20/h5,8,15,18,20-21H,2-4,6-7,9-14,16H2,1H3,(H,25,28). The molecule has 3 aliphatic rings. The highest BCUT2D eigenvalue weighted by molar-refractivity contribution is 5.76. The van der Waals surface area contributed by atoms with Crippen LogP contribution in [-0.4, -0.2) is 49.1 Å². The fourth-order valence-corrected chi connectivity index (χ4v) is 4.97. The van der Waals surface area contributed by atoms with E-state index in [9.17, 15) is 9.18 Å². The van der Waals surface area contributed by atoms with Crippen LogP contribution in [0.1, 0.15) is 56.9 Å². The van der Waals surface area contributed by atoms with E-state index in [-0.39, 0.29) is 11.7 Å². The van der Waals surface area contributed by atoms with Crippen molar-refractivity contribution in [2.24, 2.45) is 5.92 Å². The molecule has 2 saturated heterocycles. The first-order valence-corrected chi connectivity index (χ1v) is 11.1. The zero-order valence-electron chi connectivity index (χ0n) is 17.1. The second kappa shape index (κ2) is 8.81. The van der Waals surface area contributed by atoms with Crippen molar-refractivity contribution < 1.29 is 9.18 Å². The molecule has 1 saturated carbocycles. The van der Waals surface area contributed by atoms with Crippen molar-refractivity contribution in [2.45, 2.75) is 70.4 Å². The van der Waals surface area contributed by atoms with Gasteiger partial charge in [0.15, 0.2) is 0 Å². The molecule has 0 aromatic heterocycles. The van der Waals surface area contributed by atoms with Crippen molar-refractivity contribution in [3.63, 3.8) is 0 Å². The summed E-state index contributed by atoms with van der Waals surface area (Å²) in [5.41, 5.74) is 2.21. The van der Waals surface area contributed by atoms with Crippen molar-refractivity contribution in [1.82, 2.24) is 10.2 Å². The highest BCUT2D eigenvalue weighted by Gasteiger charge is 2.30. The number of amides is 1. The SMILES string of the molecule is Cc1cc(F)ccc1N1CCC(N2CCCC(CCC(=O)NC3CC3)C2)CC1. The van der Waals surface area contributed by atoms with Gasteiger partial charge in [-0.2, -0.15) is 0 Å². The van der Waals surface area contributed by atoms with Gasteiger partial charge in [0.05, 0.1) is 0 Å². The molecule has 1 aromatic carbocycles. The summed E-state index contributed by atoms with van der Waals surface area (Å²) < 4.78 is 13.4. The summed E-state index contributed by atoms with van der Waals surface area (Å²) >= 11 is 0. The van der Waals surface area contributed by atoms with Crippen LogP contribution in [0, 0.1) is 18.7 Å². The molecule has 154 valence electrons. The van der Waals surface area contributed by atoms with E-state index in [1.807, 2.05) is 13.0 Å². The molecule has 2 aliphatic heterocycles. The topological polar surface area (TPSA) is 35.6 Å². The molecule has 4 nitrogen and oxygen atoms in total. The first kappa shape index (κ1) is 19.7. The number of halogens is 1. The lowest BCUT2D eigenvalue weighted by Crippen LogP contribution is -2.48. The van der Waals surface area contributed by atoms with E-state index in [1.165, 1.54) is 50.8 Å². The number of piperidine rings is 2. The van der Waals surface area contributed by atoms with Gasteiger partial charge in [-0.25, -0.2) is 4.39 Å². The normalized spacial score (nSPS) is 24.4. The van der Waals surface area contributed by atoms with Gasteiger partial charge in [-0.05, 0) is 88.1 Å². The van der Waals surface area contributed by atoms with Gasteiger partial charge in [-0.15, -0.1) is 0 Å². The third kappa shape index (κ3) is 5.05. The minimum Gasteiger partial charge on any atom is -0.371 e. The molecule has 4 rings (SSSR count). The van der Waals surface area contributed by atoms with Gasteiger partial charge in [0.25, 0.3) is 0 Å². The molecule has 1 atom stereocenters. The lowest BCUT2D eigenvalue weighted by atomic mass is 9.90. The number of benzene rings is 1. The molecule has 1 unspecified atom stereocenters. The van der Waals surface area contributed by atoms with Crippen molar-refractivity contribution in [3.05, 3.63) is 29.6 Å². The summed E-state index contributed by atoms with van der Waals surface area (Å²) in [4.78, 5) is 17.1. The molecule has 3 fully saturated rings. The first-order valence-electron chi connectivity index (χ1n) is 11.1. The summed E-state index contributed by atoms with van der Waals surface area (Å²) in [6, 6.07) is 6.26. The molecule has 2 heterocycles. The summed E-state index contributed by atoms with van der Waals surface area (Å²) in [6.07, 6.45) is 8.92. The molecule has 1 aliphatic carbocycles. The van der Waals surface area contributed by atoms with Gasteiger partial charge >= 0.3 is 0 Å². The molecular formula is C23H34FN3O. The Balaban J connectivity index is 1.24. The van der Waals surface area contributed by atoms with Gasteiger partial charge in [0.2, 0.25) is 5.91 Å². The van der Waals surface area contributed by atoms with Gasteiger partial charge in [0, 0.05) is 43.8 Å². The number of nitrogens with one attached hydrogen (secondary N) is 1. The maximum Gasteiger partial charge on any atom is 0.220 e. The number of anilines is 1. The summed E-state index contributed by atoms with van der Waals surface area (Å²) in [5.74, 6) is 0.764. The van der Waals surface area contributed by atoms with E-state index in [4.69, 9.17) is 0 Å². The minimum absolute atomic E-state index is 0.152. The lowest BCUT2D eigenvalue weighted by Gasteiger charge is -2.43. The minimum atomic E-state index is -0.152. The van der Waals surface area contributed by atoms with Crippen LogP contribution < -0.4 is 10.2 Å². The maximum absolute atomic E-state index is 13.4. The Morgan fingerprint density at radius 2 is 1.93 bits per heavy atom. The molecular weight excluding hydrogens is 353 g/mol. The second-order valence-corrected chi connectivity index (χ2v) is 9.03. The van der Waals surface area contributed by atoms with Gasteiger partial charge in [0.1, 0.15) is 5.82 Å². The van der Waals surface area contributed by atoms with Crippen LogP contribution >= 0.6 is 0 Å². The number of carbonyl (C=O) groups is 1. The number of nitrogens with zero attached hydrogens (tertiary/aromatic N) is 2. The van der Waals surface area contributed by atoms with Gasteiger partial charge < -0.3 is 10.2 Å². The predicted molar refractivity (Wildman–Crippen MR) is 111 cm³/mol. The average molecular weight is 388 g/mol. The number of carbonyl (C=O) groups excluding carboxylic acids is 1. The smallest absolute Gasteiger partial charge is 0.220 e. The van der Waals surface area contributed by atoms with Crippen molar-refractivity contribution in [1.29, 1.82) is 0 Å². The Morgan fingerprint density at radius 1 is 1.14 bits per heavy atom. The summed E-state index contributed by atoms with van der Waals surface area (Å²) in [7, 11) is 0. The van der Waals surface area contributed by atoms with Crippen molar-refractivity contribution in [3.8, 4) is 0 Å². The third-order valence-corrected chi connectivity index (χ3v) is 6.75. The number of aryl methyl sites for hydroxylation is 1. The zero-order chi connectivity index (χ0) is 19.5. The lowest BCUT2D eigenvalue weighted by molar-refractivity contribution is -0.121. The summed E-state index contributed by atoms with van der Waals surface area (Å²) in [5, 5.41) is 3.11. The Labute approximate surface area is 168 Å². The van der Waals surface area contributed by atoms with Crippen molar-refractivity contribution >= 4 is 11.6 Å². The molecule has 1 amide bonds. The van der Waals surface area contributed by atoms with Crippen LogP contribution in [0.2, 0.25) is 0 Å². The Morgan fingerprint density at radius 3 is 2.64 bits per heavy atom. The third-order valence-electron chi connectivity index (χ3n) is 6.75. The second-order valence-electron chi connectivity index (χ2n) is 9.03. The number of rotatable bonds is 6. The zero-order valence-corrected chi connectivity index (χ0v) is 17.1. The Bertz CT molecular complexity index is 682. The van der Waals surface area contributed by atoms with Crippen LogP contribution in [0.5, 0.6) is 0 Å². The van der Waals surface area contributed by atoms with E-state index < -0.39 is 0 Å². The number of hydrogen-bond acceptors (Lipinski definition) is 3. The Hall–Kier alpha value is -1.62. The van der Waals surface area contributed by atoms with Gasteiger partial charge in [-0.1, -0.05) is 0 Å². The number of hydrogen-bond donors (Lipinski definition) is 1. The maximum atomic E-state index is 13.4. The highest BCUT2D eigenvalue weighted by Crippen LogP contribution is 2.29. The molecule has 5 heteroatoms. The molecule has 1 aromatic rings. The molecule has 1 N–H and O–H groups in total. The molecule has 0 spiro atoms. The quantitative estimate of drug-likeness (QED) is 0.805. The van der Waals surface area contributed by atoms with E-state index >= 15 is 0 Å². The molecule has 28 heavy (non-hydrogen) atoms.